The molecule has 0 saturated carbocycles. The summed E-state index contributed by atoms with van der Waals surface area (Å²) in [5, 5.41) is 1.44. The summed E-state index contributed by atoms with van der Waals surface area (Å²) in [5.74, 6) is 6.56. The molecular weight excluding hydrogens is 227 g/mol. The molecule has 0 fully saturated rings. The summed E-state index contributed by atoms with van der Waals surface area (Å²) in [6.45, 7) is 6.03. The fourth-order valence-corrected chi connectivity index (χ4v) is 2.29. The molecule has 0 radical (unpaired) electrons. The summed E-state index contributed by atoms with van der Waals surface area (Å²) >= 11 is 12.3. The Labute approximate surface area is 102 Å². The van der Waals surface area contributed by atoms with Gasteiger partial charge in [0.05, 0.1) is 0 Å². The summed E-state index contributed by atoms with van der Waals surface area (Å²) in [6.07, 6.45) is 0. The lowest BCUT2D eigenvalue weighted by molar-refractivity contribution is 0.610. The molecule has 0 aromatic heterocycles. The van der Waals surface area contributed by atoms with E-state index >= 15 is 0 Å². The van der Waals surface area contributed by atoms with E-state index in [4.69, 9.17) is 23.2 Å². The standard InChI is InChI=1S/C13H14Cl2/c1-4-6-9(2)10(3)13-11(14)7-5-8-12(13)15/h5,7-10H,1-3H3. The van der Waals surface area contributed by atoms with Crippen molar-refractivity contribution < 1.29 is 0 Å². The van der Waals surface area contributed by atoms with Gasteiger partial charge in [0.1, 0.15) is 0 Å². The van der Waals surface area contributed by atoms with Crippen molar-refractivity contribution in [3.05, 3.63) is 33.8 Å². The molecule has 0 saturated heterocycles. The van der Waals surface area contributed by atoms with Crippen LogP contribution in [0.3, 0.4) is 0 Å². The number of benzene rings is 1. The zero-order valence-corrected chi connectivity index (χ0v) is 10.7. The monoisotopic (exact) mass is 240 g/mol. The first kappa shape index (κ1) is 12.4. The van der Waals surface area contributed by atoms with E-state index in [0.717, 1.165) is 15.6 Å². The van der Waals surface area contributed by atoms with Gasteiger partial charge in [-0.1, -0.05) is 49.0 Å². The molecule has 0 N–H and O–H groups in total. The predicted molar refractivity (Wildman–Crippen MR) is 67.5 cm³/mol. The van der Waals surface area contributed by atoms with Gasteiger partial charge in [-0.15, -0.1) is 5.92 Å². The van der Waals surface area contributed by atoms with Gasteiger partial charge in [0, 0.05) is 16.0 Å². The van der Waals surface area contributed by atoms with E-state index in [0.29, 0.717) is 0 Å². The van der Waals surface area contributed by atoms with E-state index in [2.05, 4.69) is 25.7 Å². The lowest BCUT2D eigenvalue weighted by Gasteiger charge is -2.18. The minimum absolute atomic E-state index is 0.249. The van der Waals surface area contributed by atoms with Gasteiger partial charge in [0.2, 0.25) is 0 Å². The van der Waals surface area contributed by atoms with Crippen molar-refractivity contribution >= 4 is 23.2 Å². The molecule has 0 nitrogen and oxygen atoms in total. The Bertz CT molecular complexity index is 378. The van der Waals surface area contributed by atoms with Gasteiger partial charge in [0.25, 0.3) is 0 Å². The first-order valence-corrected chi connectivity index (χ1v) is 5.69. The molecule has 15 heavy (non-hydrogen) atoms. The molecule has 1 aromatic carbocycles. The topological polar surface area (TPSA) is 0 Å². The Morgan fingerprint density at radius 2 is 1.67 bits per heavy atom. The highest BCUT2D eigenvalue weighted by Gasteiger charge is 2.17. The maximum atomic E-state index is 6.14. The van der Waals surface area contributed by atoms with E-state index in [9.17, 15) is 0 Å². The third-order valence-electron chi connectivity index (χ3n) is 2.58. The molecule has 2 atom stereocenters. The van der Waals surface area contributed by atoms with E-state index < -0.39 is 0 Å². The van der Waals surface area contributed by atoms with Crippen molar-refractivity contribution in [3.8, 4) is 11.8 Å². The summed E-state index contributed by atoms with van der Waals surface area (Å²) in [4.78, 5) is 0. The van der Waals surface area contributed by atoms with Gasteiger partial charge in [-0.25, -0.2) is 0 Å². The molecule has 0 spiro atoms. The Kier molecular flexibility index (Phi) is 4.51. The smallest absolute Gasteiger partial charge is 0.0456 e. The van der Waals surface area contributed by atoms with Gasteiger partial charge in [-0.3, -0.25) is 0 Å². The zero-order valence-electron chi connectivity index (χ0n) is 9.14. The van der Waals surface area contributed by atoms with Crippen LogP contribution in [0.1, 0.15) is 32.3 Å². The summed E-state index contributed by atoms with van der Waals surface area (Å²) in [6, 6.07) is 5.59. The Balaban J connectivity index is 3.08. The summed E-state index contributed by atoms with van der Waals surface area (Å²) in [7, 11) is 0. The van der Waals surface area contributed by atoms with Crippen LogP contribution in [-0.4, -0.2) is 0 Å². The third kappa shape index (κ3) is 2.91. The van der Waals surface area contributed by atoms with E-state index in [1.165, 1.54) is 0 Å². The van der Waals surface area contributed by atoms with Crippen LogP contribution in [0.5, 0.6) is 0 Å². The molecule has 0 heterocycles. The largest absolute Gasteiger partial charge is 0.106 e. The number of halogens is 2. The van der Waals surface area contributed by atoms with Crippen molar-refractivity contribution in [3.63, 3.8) is 0 Å². The molecule has 1 rings (SSSR count). The lowest BCUT2D eigenvalue weighted by atomic mass is 9.89. The highest BCUT2D eigenvalue weighted by molar-refractivity contribution is 6.36. The van der Waals surface area contributed by atoms with Crippen LogP contribution in [0.2, 0.25) is 10.0 Å². The molecule has 2 unspecified atom stereocenters. The van der Waals surface area contributed by atoms with E-state index in [1.54, 1.807) is 0 Å². The van der Waals surface area contributed by atoms with Gasteiger partial charge >= 0.3 is 0 Å². The predicted octanol–water partition coefficient (Wildman–Crippen LogP) is 4.76. The molecule has 0 aliphatic heterocycles. The second-order valence-electron chi connectivity index (χ2n) is 3.61. The molecule has 80 valence electrons. The zero-order chi connectivity index (χ0) is 11.4. The Morgan fingerprint density at radius 3 is 2.13 bits per heavy atom. The van der Waals surface area contributed by atoms with Crippen LogP contribution in [0, 0.1) is 17.8 Å². The fraction of sp³-hybridized carbons (Fsp3) is 0.385. The minimum Gasteiger partial charge on any atom is -0.106 e. The molecule has 0 aliphatic carbocycles. The first-order valence-electron chi connectivity index (χ1n) is 4.94. The van der Waals surface area contributed by atoms with Gasteiger partial charge < -0.3 is 0 Å². The van der Waals surface area contributed by atoms with E-state index in [-0.39, 0.29) is 11.8 Å². The highest BCUT2D eigenvalue weighted by Crippen LogP contribution is 2.35. The summed E-state index contributed by atoms with van der Waals surface area (Å²) in [5.41, 5.74) is 0.996. The van der Waals surface area contributed by atoms with Crippen molar-refractivity contribution in [2.24, 2.45) is 5.92 Å². The average molecular weight is 241 g/mol. The summed E-state index contributed by atoms with van der Waals surface area (Å²) < 4.78 is 0. The first-order chi connectivity index (χ1) is 7.07. The minimum atomic E-state index is 0.249. The molecule has 2 heteroatoms. The quantitative estimate of drug-likeness (QED) is 0.655. The van der Waals surface area contributed by atoms with Crippen molar-refractivity contribution in [2.75, 3.05) is 0 Å². The molecule has 0 amide bonds. The second kappa shape index (κ2) is 5.45. The second-order valence-corrected chi connectivity index (χ2v) is 4.42. The lowest BCUT2D eigenvalue weighted by Crippen LogP contribution is -2.05. The van der Waals surface area contributed by atoms with Crippen molar-refractivity contribution in [2.45, 2.75) is 26.7 Å². The Hall–Kier alpha value is -0.640. The normalized spacial score (nSPS) is 13.9. The van der Waals surface area contributed by atoms with Gasteiger partial charge in [0.15, 0.2) is 0 Å². The molecule has 0 aliphatic rings. The van der Waals surface area contributed by atoms with Crippen LogP contribution in [-0.2, 0) is 0 Å². The maximum absolute atomic E-state index is 6.14. The number of rotatable bonds is 2. The molecule has 1 aromatic rings. The molecule has 0 bridgehead atoms. The van der Waals surface area contributed by atoms with Crippen molar-refractivity contribution in [1.29, 1.82) is 0 Å². The number of hydrogen-bond acceptors (Lipinski definition) is 0. The molecular formula is C13H14Cl2. The SMILES string of the molecule is CC#CC(C)C(C)c1c(Cl)cccc1Cl. The van der Waals surface area contributed by atoms with Gasteiger partial charge in [-0.2, -0.15) is 0 Å². The number of hydrogen-bond donors (Lipinski definition) is 0. The van der Waals surface area contributed by atoms with Crippen molar-refractivity contribution in [1.82, 2.24) is 0 Å². The van der Waals surface area contributed by atoms with Gasteiger partial charge in [-0.05, 0) is 30.5 Å². The maximum Gasteiger partial charge on any atom is 0.0456 e. The van der Waals surface area contributed by atoms with Crippen LogP contribution in [0.4, 0.5) is 0 Å². The van der Waals surface area contributed by atoms with Crippen LogP contribution >= 0.6 is 23.2 Å². The van der Waals surface area contributed by atoms with Crippen LogP contribution < -0.4 is 0 Å². The average Bonchev–Trinajstić information content (AvgIpc) is 2.17. The van der Waals surface area contributed by atoms with E-state index in [1.807, 2.05) is 25.1 Å². The van der Waals surface area contributed by atoms with Crippen LogP contribution in [0.15, 0.2) is 18.2 Å². The fourth-order valence-electron chi connectivity index (χ4n) is 1.55. The Morgan fingerprint density at radius 1 is 1.13 bits per heavy atom. The highest BCUT2D eigenvalue weighted by atomic mass is 35.5. The van der Waals surface area contributed by atoms with Crippen LogP contribution in [0.25, 0.3) is 0 Å². The third-order valence-corrected chi connectivity index (χ3v) is 3.24.